The van der Waals surface area contributed by atoms with E-state index >= 15 is 0 Å². The van der Waals surface area contributed by atoms with Crippen molar-refractivity contribution in [1.82, 2.24) is 5.32 Å². The summed E-state index contributed by atoms with van der Waals surface area (Å²) in [6, 6.07) is 7.90. The van der Waals surface area contributed by atoms with Gasteiger partial charge in [-0.2, -0.15) is 0 Å². The largest absolute Gasteiger partial charge is 0.496 e. The van der Waals surface area contributed by atoms with Crippen molar-refractivity contribution >= 4 is 5.91 Å². The van der Waals surface area contributed by atoms with Gasteiger partial charge in [0.05, 0.1) is 7.11 Å². The van der Waals surface area contributed by atoms with Crippen molar-refractivity contribution in [3.63, 3.8) is 0 Å². The SMILES string of the molecule is COc1ccccc1CNC(=O)C1CCC(N)C1. The van der Waals surface area contributed by atoms with Crippen LogP contribution in [0.1, 0.15) is 24.8 Å². The summed E-state index contributed by atoms with van der Waals surface area (Å²) in [5.41, 5.74) is 6.81. The summed E-state index contributed by atoms with van der Waals surface area (Å²) < 4.78 is 5.25. The highest BCUT2D eigenvalue weighted by Gasteiger charge is 2.27. The Balaban J connectivity index is 1.89. The van der Waals surface area contributed by atoms with Gasteiger partial charge in [-0.25, -0.2) is 0 Å². The van der Waals surface area contributed by atoms with E-state index in [1.165, 1.54) is 0 Å². The van der Waals surface area contributed by atoms with Gasteiger partial charge in [0.25, 0.3) is 0 Å². The number of ether oxygens (including phenoxy) is 1. The molecule has 4 nitrogen and oxygen atoms in total. The van der Waals surface area contributed by atoms with Crippen molar-refractivity contribution in [2.75, 3.05) is 7.11 Å². The number of carbonyl (C=O) groups excluding carboxylic acids is 1. The Bertz CT molecular complexity index is 420. The number of amides is 1. The Labute approximate surface area is 108 Å². The van der Waals surface area contributed by atoms with Crippen LogP contribution in [0.25, 0.3) is 0 Å². The third-order valence-corrected chi connectivity index (χ3v) is 3.49. The molecule has 0 saturated heterocycles. The molecule has 1 aromatic rings. The van der Waals surface area contributed by atoms with Crippen molar-refractivity contribution in [2.24, 2.45) is 11.7 Å². The predicted molar refractivity (Wildman–Crippen MR) is 70.2 cm³/mol. The Morgan fingerprint density at radius 2 is 2.22 bits per heavy atom. The molecular weight excluding hydrogens is 228 g/mol. The smallest absolute Gasteiger partial charge is 0.223 e. The molecule has 3 N–H and O–H groups in total. The number of benzene rings is 1. The number of para-hydroxylation sites is 1. The molecule has 98 valence electrons. The molecule has 1 saturated carbocycles. The van der Waals surface area contributed by atoms with E-state index in [9.17, 15) is 4.79 Å². The fraction of sp³-hybridized carbons (Fsp3) is 0.500. The molecule has 2 atom stereocenters. The minimum Gasteiger partial charge on any atom is -0.496 e. The maximum atomic E-state index is 12.0. The molecule has 0 heterocycles. The van der Waals surface area contributed by atoms with Crippen molar-refractivity contribution < 1.29 is 9.53 Å². The van der Waals surface area contributed by atoms with E-state index in [0.717, 1.165) is 30.6 Å². The number of nitrogens with one attached hydrogen (secondary N) is 1. The molecule has 1 aliphatic rings. The zero-order chi connectivity index (χ0) is 13.0. The molecule has 2 unspecified atom stereocenters. The lowest BCUT2D eigenvalue weighted by atomic mass is 10.1. The van der Waals surface area contributed by atoms with E-state index in [-0.39, 0.29) is 17.9 Å². The number of nitrogens with two attached hydrogens (primary N) is 1. The zero-order valence-electron chi connectivity index (χ0n) is 10.7. The lowest BCUT2D eigenvalue weighted by Gasteiger charge is -2.12. The highest BCUT2D eigenvalue weighted by molar-refractivity contribution is 5.79. The fourth-order valence-electron chi connectivity index (χ4n) is 2.43. The molecule has 2 rings (SSSR count). The number of methoxy groups -OCH3 is 1. The van der Waals surface area contributed by atoms with Gasteiger partial charge in [-0.05, 0) is 25.3 Å². The van der Waals surface area contributed by atoms with Gasteiger partial charge in [0.2, 0.25) is 5.91 Å². The number of carbonyl (C=O) groups is 1. The van der Waals surface area contributed by atoms with Crippen LogP contribution in [0.15, 0.2) is 24.3 Å². The standard InChI is InChI=1S/C14H20N2O2/c1-18-13-5-3-2-4-11(13)9-16-14(17)10-6-7-12(15)8-10/h2-5,10,12H,6-9,15H2,1H3,(H,16,17). The Kier molecular flexibility index (Phi) is 4.20. The highest BCUT2D eigenvalue weighted by Crippen LogP contribution is 2.24. The molecule has 1 aromatic carbocycles. The normalized spacial score (nSPS) is 22.8. The third-order valence-electron chi connectivity index (χ3n) is 3.49. The molecule has 1 fully saturated rings. The average Bonchev–Trinajstić information content (AvgIpc) is 2.83. The summed E-state index contributed by atoms with van der Waals surface area (Å²) in [6.45, 7) is 0.509. The van der Waals surface area contributed by atoms with E-state index in [1.807, 2.05) is 24.3 Å². The lowest BCUT2D eigenvalue weighted by molar-refractivity contribution is -0.125. The molecular formula is C14H20N2O2. The number of hydrogen-bond donors (Lipinski definition) is 2. The summed E-state index contributed by atoms with van der Waals surface area (Å²) >= 11 is 0. The molecule has 0 aliphatic heterocycles. The van der Waals surface area contributed by atoms with Gasteiger partial charge >= 0.3 is 0 Å². The predicted octanol–water partition coefficient (Wildman–Crippen LogP) is 1.44. The van der Waals surface area contributed by atoms with Gasteiger partial charge in [-0.1, -0.05) is 18.2 Å². The van der Waals surface area contributed by atoms with Crippen LogP contribution in [0.4, 0.5) is 0 Å². The van der Waals surface area contributed by atoms with Gasteiger partial charge in [0, 0.05) is 24.1 Å². The Morgan fingerprint density at radius 3 is 2.89 bits per heavy atom. The van der Waals surface area contributed by atoms with Crippen LogP contribution in [-0.2, 0) is 11.3 Å². The van der Waals surface area contributed by atoms with Gasteiger partial charge in [-0.3, -0.25) is 4.79 Å². The fourth-order valence-corrected chi connectivity index (χ4v) is 2.43. The van der Waals surface area contributed by atoms with Crippen LogP contribution in [0.2, 0.25) is 0 Å². The van der Waals surface area contributed by atoms with E-state index in [4.69, 9.17) is 10.5 Å². The molecule has 4 heteroatoms. The first kappa shape index (κ1) is 12.9. The maximum Gasteiger partial charge on any atom is 0.223 e. The first-order chi connectivity index (χ1) is 8.70. The van der Waals surface area contributed by atoms with Gasteiger partial charge in [0.1, 0.15) is 5.75 Å². The van der Waals surface area contributed by atoms with Crippen LogP contribution in [0.3, 0.4) is 0 Å². The topological polar surface area (TPSA) is 64.3 Å². The monoisotopic (exact) mass is 248 g/mol. The van der Waals surface area contributed by atoms with Crippen molar-refractivity contribution in [3.05, 3.63) is 29.8 Å². The summed E-state index contributed by atoms with van der Waals surface area (Å²) in [5, 5.41) is 2.96. The van der Waals surface area contributed by atoms with Crippen LogP contribution in [0.5, 0.6) is 5.75 Å². The first-order valence-electron chi connectivity index (χ1n) is 6.36. The third kappa shape index (κ3) is 3.01. The van der Waals surface area contributed by atoms with Gasteiger partial charge < -0.3 is 15.8 Å². The summed E-state index contributed by atoms with van der Waals surface area (Å²) in [6.07, 6.45) is 2.66. The second kappa shape index (κ2) is 5.87. The molecule has 0 radical (unpaired) electrons. The molecule has 1 aliphatic carbocycles. The second-order valence-electron chi connectivity index (χ2n) is 4.80. The van der Waals surface area contributed by atoms with Crippen molar-refractivity contribution in [3.8, 4) is 5.75 Å². The second-order valence-corrected chi connectivity index (χ2v) is 4.80. The molecule has 0 aromatic heterocycles. The van der Waals surface area contributed by atoms with E-state index in [1.54, 1.807) is 7.11 Å². The average molecular weight is 248 g/mol. The molecule has 18 heavy (non-hydrogen) atoms. The van der Waals surface area contributed by atoms with Crippen LogP contribution >= 0.6 is 0 Å². The maximum absolute atomic E-state index is 12.0. The van der Waals surface area contributed by atoms with E-state index in [0.29, 0.717) is 6.54 Å². The first-order valence-corrected chi connectivity index (χ1v) is 6.36. The summed E-state index contributed by atoms with van der Waals surface area (Å²) in [5.74, 6) is 0.990. The highest BCUT2D eigenvalue weighted by atomic mass is 16.5. The Hall–Kier alpha value is -1.55. The quantitative estimate of drug-likeness (QED) is 0.847. The molecule has 1 amide bonds. The Morgan fingerprint density at radius 1 is 1.44 bits per heavy atom. The van der Waals surface area contributed by atoms with Gasteiger partial charge in [-0.15, -0.1) is 0 Å². The van der Waals surface area contributed by atoms with E-state index < -0.39 is 0 Å². The van der Waals surface area contributed by atoms with Gasteiger partial charge in [0.15, 0.2) is 0 Å². The minimum atomic E-state index is 0.0784. The number of hydrogen-bond acceptors (Lipinski definition) is 3. The van der Waals surface area contributed by atoms with Crippen molar-refractivity contribution in [2.45, 2.75) is 31.8 Å². The summed E-state index contributed by atoms with van der Waals surface area (Å²) in [7, 11) is 1.64. The zero-order valence-corrected chi connectivity index (χ0v) is 10.7. The lowest BCUT2D eigenvalue weighted by Crippen LogP contribution is -2.30. The molecule has 0 bridgehead atoms. The number of rotatable bonds is 4. The van der Waals surface area contributed by atoms with Crippen LogP contribution < -0.4 is 15.8 Å². The van der Waals surface area contributed by atoms with Crippen LogP contribution in [0, 0.1) is 5.92 Å². The minimum absolute atomic E-state index is 0.0784. The van der Waals surface area contributed by atoms with Crippen molar-refractivity contribution in [1.29, 1.82) is 0 Å². The van der Waals surface area contributed by atoms with Crippen LogP contribution in [-0.4, -0.2) is 19.1 Å². The van der Waals surface area contributed by atoms with E-state index in [2.05, 4.69) is 5.32 Å². The summed E-state index contributed by atoms with van der Waals surface area (Å²) in [4.78, 5) is 12.0. The molecule has 0 spiro atoms.